The molecule has 0 aliphatic rings. The molecule has 0 bridgehead atoms. The standard InChI is InChI=1S/C22H22N6O5S2/c1-2-35(30,31)27-9-5-8-26-19-13(11-23)16(15-10-12-6-3-4-7-14(12)32-15)17-18(24)21(33-22(25)29)34-20(17)28-19/h3-4,6-7,10,27H,2,5,8-9,24H2,1H3,(H2,25,29)(H,26,28). The molecule has 0 fully saturated rings. The monoisotopic (exact) mass is 514 g/mol. The number of furan rings is 1. The van der Waals surface area contributed by atoms with Crippen LogP contribution in [-0.4, -0.2) is 38.3 Å². The molecule has 0 aliphatic heterocycles. The highest BCUT2D eigenvalue weighted by molar-refractivity contribution is 7.89. The largest absolute Gasteiger partial charge is 0.456 e. The Bertz CT molecular complexity index is 1540. The van der Waals surface area contributed by atoms with Crippen LogP contribution in [0.3, 0.4) is 0 Å². The number of hydrogen-bond acceptors (Lipinski definition) is 10. The summed E-state index contributed by atoms with van der Waals surface area (Å²) >= 11 is 1.01. The summed E-state index contributed by atoms with van der Waals surface area (Å²) in [7, 11) is -3.30. The number of primary amides is 1. The first kappa shape index (κ1) is 24.3. The first-order valence-electron chi connectivity index (χ1n) is 10.6. The third kappa shape index (κ3) is 4.99. The molecule has 11 nitrogen and oxygen atoms in total. The van der Waals surface area contributed by atoms with Crippen molar-refractivity contribution in [2.45, 2.75) is 13.3 Å². The molecule has 3 aromatic heterocycles. The lowest BCUT2D eigenvalue weighted by Crippen LogP contribution is -2.27. The quantitative estimate of drug-likeness (QED) is 0.243. The van der Waals surface area contributed by atoms with Crippen LogP contribution in [0.15, 0.2) is 34.7 Å². The number of amides is 1. The molecule has 13 heteroatoms. The molecule has 35 heavy (non-hydrogen) atoms. The van der Waals surface area contributed by atoms with Crippen molar-refractivity contribution in [1.82, 2.24) is 9.71 Å². The van der Waals surface area contributed by atoms with Gasteiger partial charge in [0.2, 0.25) is 15.1 Å². The lowest BCUT2D eigenvalue weighted by atomic mass is 10.0. The highest BCUT2D eigenvalue weighted by atomic mass is 32.2. The van der Waals surface area contributed by atoms with Gasteiger partial charge in [0.05, 0.1) is 22.4 Å². The first-order valence-corrected chi connectivity index (χ1v) is 13.0. The van der Waals surface area contributed by atoms with Crippen LogP contribution in [0.2, 0.25) is 0 Å². The zero-order chi connectivity index (χ0) is 25.2. The number of fused-ring (bicyclic) bond motifs is 2. The van der Waals surface area contributed by atoms with E-state index in [-0.39, 0.29) is 34.4 Å². The number of pyridine rings is 1. The number of hydrogen-bond donors (Lipinski definition) is 4. The minimum absolute atomic E-state index is 0.00635. The van der Waals surface area contributed by atoms with Crippen LogP contribution in [0.4, 0.5) is 16.3 Å². The number of carbonyl (C=O) groups excluding carboxylic acids is 1. The van der Waals surface area contributed by atoms with Crippen LogP contribution >= 0.6 is 11.3 Å². The maximum Gasteiger partial charge on any atom is 0.410 e. The van der Waals surface area contributed by atoms with E-state index in [0.29, 0.717) is 40.1 Å². The molecule has 1 amide bonds. The van der Waals surface area contributed by atoms with Crippen LogP contribution in [-0.2, 0) is 10.0 Å². The lowest BCUT2D eigenvalue weighted by molar-refractivity contribution is 0.212. The van der Waals surface area contributed by atoms with Crippen molar-refractivity contribution in [2.24, 2.45) is 5.73 Å². The van der Waals surface area contributed by atoms with Gasteiger partial charge in [0.25, 0.3) is 0 Å². The number of para-hydroxylation sites is 1. The summed E-state index contributed by atoms with van der Waals surface area (Å²) in [6.07, 6.45) is -0.575. The number of nitrogens with two attached hydrogens (primary N) is 2. The lowest BCUT2D eigenvalue weighted by Gasteiger charge is -2.12. The molecule has 4 aromatic rings. The summed E-state index contributed by atoms with van der Waals surface area (Å²) in [5.41, 5.74) is 12.8. The number of aromatic nitrogens is 1. The van der Waals surface area contributed by atoms with Gasteiger partial charge in [-0.3, -0.25) is 0 Å². The molecule has 4 rings (SSSR count). The molecule has 0 radical (unpaired) electrons. The van der Waals surface area contributed by atoms with E-state index in [1.165, 1.54) is 0 Å². The fourth-order valence-electron chi connectivity index (χ4n) is 3.51. The second kappa shape index (κ2) is 9.79. The van der Waals surface area contributed by atoms with Gasteiger partial charge in [0.1, 0.15) is 33.6 Å². The van der Waals surface area contributed by atoms with E-state index >= 15 is 0 Å². The smallest absolute Gasteiger partial charge is 0.410 e. The number of benzene rings is 1. The molecular formula is C22H22N6O5S2. The number of nitrogens with one attached hydrogen (secondary N) is 2. The number of nitrogen functional groups attached to an aromatic ring is 1. The summed E-state index contributed by atoms with van der Waals surface area (Å²) in [6, 6.07) is 11.3. The van der Waals surface area contributed by atoms with Crippen LogP contribution < -0.4 is 26.2 Å². The predicted octanol–water partition coefficient (Wildman–Crippen LogP) is 3.36. The average Bonchev–Trinajstić information content (AvgIpc) is 3.38. The molecule has 0 saturated heterocycles. The summed E-state index contributed by atoms with van der Waals surface area (Å²) in [4.78, 5) is 16.3. The van der Waals surface area contributed by atoms with Crippen molar-refractivity contribution in [3.63, 3.8) is 0 Å². The third-order valence-corrected chi connectivity index (χ3v) is 7.55. The number of nitrogens with zero attached hydrogens (tertiary/aromatic N) is 2. The Morgan fingerprint density at radius 3 is 2.77 bits per heavy atom. The second-order valence-electron chi connectivity index (χ2n) is 7.45. The topological polar surface area (TPSA) is 186 Å². The third-order valence-electron chi connectivity index (χ3n) is 5.17. The predicted molar refractivity (Wildman–Crippen MR) is 135 cm³/mol. The summed E-state index contributed by atoms with van der Waals surface area (Å²) in [5, 5.41) is 14.5. The van der Waals surface area contributed by atoms with Gasteiger partial charge in [-0.25, -0.2) is 22.9 Å². The van der Waals surface area contributed by atoms with E-state index in [1.54, 1.807) is 19.1 Å². The van der Waals surface area contributed by atoms with E-state index in [0.717, 1.165) is 16.7 Å². The van der Waals surface area contributed by atoms with Crippen molar-refractivity contribution >= 4 is 60.1 Å². The molecule has 1 aromatic carbocycles. The van der Waals surface area contributed by atoms with Gasteiger partial charge in [-0.15, -0.1) is 0 Å². The maximum absolute atomic E-state index is 11.6. The zero-order valence-corrected chi connectivity index (χ0v) is 20.3. The summed E-state index contributed by atoms with van der Waals surface area (Å²) < 4.78 is 36.8. The summed E-state index contributed by atoms with van der Waals surface area (Å²) in [5.74, 6) is 0.651. The highest BCUT2D eigenvalue weighted by Gasteiger charge is 2.25. The van der Waals surface area contributed by atoms with E-state index in [1.807, 2.05) is 18.2 Å². The Morgan fingerprint density at radius 1 is 1.31 bits per heavy atom. The van der Waals surface area contributed by atoms with Gasteiger partial charge >= 0.3 is 6.09 Å². The molecule has 0 atom stereocenters. The number of anilines is 2. The maximum atomic E-state index is 11.6. The Morgan fingerprint density at radius 2 is 2.09 bits per heavy atom. The van der Waals surface area contributed by atoms with E-state index in [2.05, 4.69) is 21.1 Å². The average molecular weight is 515 g/mol. The molecule has 3 heterocycles. The SMILES string of the molecule is CCS(=O)(=O)NCCCNc1nc2sc(OC(N)=O)c(N)c2c(-c2cc3ccccc3o2)c1C#N. The van der Waals surface area contributed by atoms with Crippen molar-refractivity contribution in [3.05, 3.63) is 35.9 Å². The normalized spacial score (nSPS) is 11.5. The Labute approximate surface area is 204 Å². The van der Waals surface area contributed by atoms with Crippen LogP contribution in [0.5, 0.6) is 5.06 Å². The van der Waals surface area contributed by atoms with Crippen molar-refractivity contribution in [3.8, 4) is 22.5 Å². The van der Waals surface area contributed by atoms with Crippen molar-refractivity contribution in [2.75, 3.05) is 29.9 Å². The van der Waals surface area contributed by atoms with Crippen LogP contribution in [0.1, 0.15) is 18.9 Å². The van der Waals surface area contributed by atoms with Gasteiger partial charge in [-0.2, -0.15) is 5.26 Å². The molecule has 0 saturated carbocycles. The van der Waals surface area contributed by atoms with Crippen LogP contribution in [0.25, 0.3) is 32.5 Å². The number of thiophene rings is 1. The molecule has 182 valence electrons. The Kier molecular flexibility index (Phi) is 6.79. The highest BCUT2D eigenvalue weighted by Crippen LogP contribution is 2.47. The molecular weight excluding hydrogens is 492 g/mol. The Balaban J connectivity index is 1.79. The van der Waals surface area contributed by atoms with Gasteiger partial charge in [0.15, 0.2) is 0 Å². The second-order valence-corrected chi connectivity index (χ2v) is 10.5. The zero-order valence-electron chi connectivity index (χ0n) is 18.6. The molecule has 0 unspecified atom stereocenters. The molecule has 0 spiro atoms. The number of sulfonamides is 1. The minimum Gasteiger partial charge on any atom is -0.456 e. The number of carbonyl (C=O) groups is 1. The van der Waals surface area contributed by atoms with Gasteiger partial charge in [-0.1, -0.05) is 29.5 Å². The summed E-state index contributed by atoms with van der Waals surface area (Å²) in [6.45, 7) is 2.12. The number of ether oxygens (including phenoxy) is 1. The van der Waals surface area contributed by atoms with E-state index in [4.69, 9.17) is 20.6 Å². The van der Waals surface area contributed by atoms with Gasteiger partial charge < -0.3 is 25.9 Å². The van der Waals surface area contributed by atoms with Gasteiger partial charge in [-0.05, 0) is 25.5 Å². The van der Waals surface area contributed by atoms with Crippen molar-refractivity contribution in [1.29, 1.82) is 5.26 Å². The Hall–Kier alpha value is -3.86. The number of nitriles is 1. The molecule has 0 aliphatic carbocycles. The fraction of sp³-hybridized carbons (Fsp3) is 0.227. The van der Waals surface area contributed by atoms with Gasteiger partial charge in [0, 0.05) is 18.5 Å². The fourth-order valence-corrected chi connectivity index (χ4v) is 5.13. The first-order chi connectivity index (χ1) is 16.7. The minimum atomic E-state index is -3.30. The number of rotatable bonds is 9. The van der Waals surface area contributed by atoms with Crippen molar-refractivity contribution < 1.29 is 22.4 Å². The van der Waals surface area contributed by atoms with E-state index < -0.39 is 16.1 Å². The molecule has 6 N–H and O–H groups in total. The van der Waals surface area contributed by atoms with E-state index in [9.17, 15) is 18.5 Å². The van der Waals surface area contributed by atoms with Crippen LogP contribution in [0, 0.1) is 11.3 Å².